The second kappa shape index (κ2) is 5.58. The van der Waals surface area contributed by atoms with Crippen LogP contribution in [-0.2, 0) is 9.47 Å². The zero-order chi connectivity index (χ0) is 9.68. The Morgan fingerprint density at radius 3 is 2.92 bits per heavy atom. The number of ether oxygens (including phenoxy) is 2. The SMILES string of the molecule is COC(C)CC(N)C1CCCOC1. The van der Waals surface area contributed by atoms with Crippen molar-refractivity contribution in [3.05, 3.63) is 0 Å². The molecule has 0 amide bonds. The van der Waals surface area contributed by atoms with Crippen LogP contribution in [0.4, 0.5) is 0 Å². The first-order chi connectivity index (χ1) is 6.24. The quantitative estimate of drug-likeness (QED) is 0.718. The largest absolute Gasteiger partial charge is 0.382 e. The van der Waals surface area contributed by atoms with Crippen LogP contribution >= 0.6 is 0 Å². The predicted octanol–water partition coefficient (Wildman–Crippen LogP) is 1.17. The lowest BCUT2D eigenvalue weighted by molar-refractivity contribution is 0.0312. The molecule has 0 aromatic heterocycles. The van der Waals surface area contributed by atoms with E-state index in [4.69, 9.17) is 15.2 Å². The molecule has 0 saturated carbocycles. The molecule has 1 aliphatic rings. The van der Waals surface area contributed by atoms with Gasteiger partial charge in [-0.1, -0.05) is 0 Å². The highest BCUT2D eigenvalue weighted by Gasteiger charge is 2.22. The van der Waals surface area contributed by atoms with E-state index >= 15 is 0 Å². The van der Waals surface area contributed by atoms with Crippen LogP contribution in [0.5, 0.6) is 0 Å². The van der Waals surface area contributed by atoms with Crippen molar-refractivity contribution in [2.75, 3.05) is 20.3 Å². The van der Waals surface area contributed by atoms with Crippen LogP contribution in [0, 0.1) is 5.92 Å². The summed E-state index contributed by atoms with van der Waals surface area (Å²) in [4.78, 5) is 0. The summed E-state index contributed by atoms with van der Waals surface area (Å²) in [6, 6.07) is 0.232. The molecule has 78 valence electrons. The number of rotatable bonds is 4. The molecule has 1 heterocycles. The van der Waals surface area contributed by atoms with Crippen molar-refractivity contribution in [3.8, 4) is 0 Å². The Morgan fingerprint density at radius 1 is 1.62 bits per heavy atom. The average molecular weight is 187 g/mol. The van der Waals surface area contributed by atoms with Crippen LogP contribution in [0.15, 0.2) is 0 Å². The van der Waals surface area contributed by atoms with Gasteiger partial charge in [0.2, 0.25) is 0 Å². The first kappa shape index (κ1) is 11.0. The van der Waals surface area contributed by atoms with Gasteiger partial charge in [-0.15, -0.1) is 0 Å². The molecule has 13 heavy (non-hydrogen) atoms. The van der Waals surface area contributed by atoms with Gasteiger partial charge in [-0.25, -0.2) is 0 Å². The van der Waals surface area contributed by atoms with E-state index in [1.165, 1.54) is 6.42 Å². The summed E-state index contributed by atoms with van der Waals surface area (Å²) in [6.45, 7) is 3.80. The van der Waals surface area contributed by atoms with E-state index in [0.717, 1.165) is 26.1 Å². The lowest BCUT2D eigenvalue weighted by Crippen LogP contribution is -2.38. The van der Waals surface area contributed by atoms with Gasteiger partial charge >= 0.3 is 0 Å². The fourth-order valence-corrected chi connectivity index (χ4v) is 1.78. The first-order valence-corrected chi connectivity index (χ1v) is 5.10. The maximum absolute atomic E-state index is 6.06. The summed E-state index contributed by atoms with van der Waals surface area (Å²) in [5, 5.41) is 0. The fraction of sp³-hybridized carbons (Fsp3) is 1.00. The molecule has 3 unspecified atom stereocenters. The monoisotopic (exact) mass is 187 g/mol. The summed E-state index contributed by atoms with van der Waals surface area (Å²) in [7, 11) is 1.73. The van der Waals surface area contributed by atoms with Crippen molar-refractivity contribution < 1.29 is 9.47 Å². The highest BCUT2D eigenvalue weighted by molar-refractivity contribution is 4.77. The number of hydrogen-bond acceptors (Lipinski definition) is 3. The number of hydrogen-bond donors (Lipinski definition) is 1. The van der Waals surface area contributed by atoms with Gasteiger partial charge in [0.1, 0.15) is 0 Å². The Labute approximate surface area is 80.6 Å². The average Bonchev–Trinajstić information content (AvgIpc) is 2.19. The summed E-state index contributed by atoms with van der Waals surface area (Å²) < 4.78 is 10.6. The van der Waals surface area contributed by atoms with E-state index in [-0.39, 0.29) is 12.1 Å². The molecule has 0 spiro atoms. The van der Waals surface area contributed by atoms with Crippen molar-refractivity contribution in [3.63, 3.8) is 0 Å². The smallest absolute Gasteiger partial charge is 0.0558 e. The third kappa shape index (κ3) is 3.63. The van der Waals surface area contributed by atoms with Crippen LogP contribution < -0.4 is 5.73 Å². The van der Waals surface area contributed by atoms with Gasteiger partial charge in [-0.05, 0) is 32.1 Å². The molecule has 1 fully saturated rings. The molecule has 1 aliphatic heterocycles. The Hall–Kier alpha value is -0.120. The van der Waals surface area contributed by atoms with Crippen LogP contribution in [0.25, 0.3) is 0 Å². The van der Waals surface area contributed by atoms with Gasteiger partial charge in [-0.2, -0.15) is 0 Å². The van der Waals surface area contributed by atoms with E-state index in [1.54, 1.807) is 7.11 Å². The van der Waals surface area contributed by atoms with Gasteiger partial charge in [0.25, 0.3) is 0 Å². The number of methoxy groups -OCH3 is 1. The predicted molar refractivity (Wildman–Crippen MR) is 52.6 cm³/mol. The molecule has 1 rings (SSSR count). The fourth-order valence-electron chi connectivity index (χ4n) is 1.78. The molecule has 2 N–H and O–H groups in total. The topological polar surface area (TPSA) is 44.5 Å². The maximum atomic E-state index is 6.06. The summed E-state index contributed by atoms with van der Waals surface area (Å²) in [5.41, 5.74) is 6.06. The van der Waals surface area contributed by atoms with E-state index in [0.29, 0.717) is 5.92 Å². The molecule has 1 saturated heterocycles. The van der Waals surface area contributed by atoms with Crippen LogP contribution in [-0.4, -0.2) is 32.5 Å². The molecule has 0 aliphatic carbocycles. The van der Waals surface area contributed by atoms with E-state index < -0.39 is 0 Å². The Bertz CT molecular complexity index is 135. The van der Waals surface area contributed by atoms with Crippen molar-refractivity contribution >= 4 is 0 Å². The van der Waals surface area contributed by atoms with Crippen molar-refractivity contribution in [1.29, 1.82) is 0 Å². The molecule has 0 radical (unpaired) electrons. The molecular formula is C10H21NO2. The zero-order valence-electron chi connectivity index (χ0n) is 8.66. The van der Waals surface area contributed by atoms with E-state index in [1.807, 2.05) is 0 Å². The van der Waals surface area contributed by atoms with Crippen LogP contribution in [0.2, 0.25) is 0 Å². The molecule has 3 heteroatoms. The van der Waals surface area contributed by atoms with E-state index in [2.05, 4.69) is 6.92 Å². The van der Waals surface area contributed by atoms with Crippen LogP contribution in [0.1, 0.15) is 26.2 Å². The third-order valence-corrected chi connectivity index (χ3v) is 2.81. The molecule has 3 atom stereocenters. The standard InChI is InChI=1S/C10H21NO2/c1-8(12-2)6-10(11)9-4-3-5-13-7-9/h8-10H,3-7,11H2,1-2H3. The molecule has 0 bridgehead atoms. The van der Waals surface area contributed by atoms with Gasteiger partial charge < -0.3 is 15.2 Å². The van der Waals surface area contributed by atoms with Gasteiger partial charge in [0, 0.05) is 19.8 Å². The van der Waals surface area contributed by atoms with Crippen molar-refractivity contribution in [2.24, 2.45) is 11.7 Å². The first-order valence-electron chi connectivity index (χ1n) is 5.10. The minimum atomic E-state index is 0.232. The van der Waals surface area contributed by atoms with Gasteiger partial charge in [0.15, 0.2) is 0 Å². The normalized spacial score (nSPS) is 28.4. The van der Waals surface area contributed by atoms with Gasteiger partial charge in [-0.3, -0.25) is 0 Å². The molecule has 0 aromatic rings. The van der Waals surface area contributed by atoms with E-state index in [9.17, 15) is 0 Å². The lowest BCUT2D eigenvalue weighted by atomic mass is 9.91. The second-order valence-corrected chi connectivity index (χ2v) is 3.92. The minimum Gasteiger partial charge on any atom is -0.382 e. The summed E-state index contributed by atoms with van der Waals surface area (Å²) in [6.07, 6.45) is 3.55. The number of nitrogens with two attached hydrogens (primary N) is 1. The highest BCUT2D eigenvalue weighted by Crippen LogP contribution is 2.19. The Kier molecular flexibility index (Phi) is 4.70. The van der Waals surface area contributed by atoms with Crippen LogP contribution in [0.3, 0.4) is 0 Å². The van der Waals surface area contributed by atoms with Crippen molar-refractivity contribution in [1.82, 2.24) is 0 Å². The minimum absolute atomic E-state index is 0.232. The Morgan fingerprint density at radius 2 is 2.38 bits per heavy atom. The van der Waals surface area contributed by atoms with Gasteiger partial charge in [0.05, 0.1) is 12.7 Å². The summed E-state index contributed by atoms with van der Waals surface area (Å²) >= 11 is 0. The maximum Gasteiger partial charge on any atom is 0.0558 e. The zero-order valence-corrected chi connectivity index (χ0v) is 8.66. The molecular weight excluding hydrogens is 166 g/mol. The lowest BCUT2D eigenvalue weighted by Gasteiger charge is -2.28. The molecule has 0 aromatic carbocycles. The third-order valence-electron chi connectivity index (χ3n) is 2.81. The summed E-state index contributed by atoms with van der Waals surface area (Å²) in [5.74, 6) is 0.534. The second-order valence-electron chi connectivity index (χ2n) is 3.92. The highest BCUT2D eigenvalue weighted by atomic mass is 16.5. The Balaban J connectivity index is 2.24. The molecule has 3 nitrogen and oxygen atoms in total. The van der Waals surface area contributed by atoms with Crippen molar-refractivity contribution in [2.45, 2.75) is 38.3 Å².